The van der Waals surface area contributed by atoms with E-state index in [1.165, 1.54) is 0 Å². The molecule has 0 saturated carbocycles. The van der Waals surface area contributed by atoms with Crippen LogP contribution in [0.5, 0.6) is 5.75 Å². The summed E-state index contributed by atoms with van der Waals surface area (Å²) in [5.74, 6) is -5.87. The topological polar surface area (TPSA) is 19.9 Å². The van der Waals surface area contributed by atoms with Gasteiger partial charge < -0.3 is 0 Å². The smallest absolute Gasteiger partial charge is 0.217 e. The van der Waals surface area contributed by atoms with Gasteiger partial charge in [-0.3, -0.25) is 5.11 Å². The van der Waals surface area contributed by atoms with Crippen molar-refractivity contribution in [2.75, 3.05) is 0 Å². The summed E-state index contributed by atoms with van der Waals surface area (Å²) in [6, 6.07) is 1.22. The van der Waals surface area contributed by atoms with Gasteiger partial charge in [-0.25, -0.2) is 8.78 Å². The quantitative estimate of drug-likeness (QED) is 0.501. The van der Waals surface area contributed by atoms with Crippen molar-refractivity contribution in [1.82, 2.24) is 0 Å². The molecule has 0 amide bonds. The highest BCUT2D eigenvalue weighted by Crippen LogP contribution is 2.20. The van der Waals surface area contributed by atoms with Crippen LogP contribution < -0.4 is 0 Å². The standard InChI is InChI=1S/C6H2F3O/c7-3-1-2-4(10)6(9)5(3)8/h1-2H. The van der Waals surface area contributed by atoms with E-state index >= 15 is 0 Å². The Morgan fingerprint density at radius 3 is 2.10 bits per heavy atom. The Kier molecular flexibility index (Phi) is 1.53. The molecule has 0 heterocycles. The molecule has 0 fully saturated rings. The second-order valence-electron chi connectivity index (χ2n) is 1.67. The number of benzene rings is 1. The number of halogens is 3. The summed E-state index contributed by atoms with van der Waals surface area (Å²) >= 11 is 0. The molecular formula is C6H2F3O. The monoisotopic (exact) mass is 147 g/mol. The fraction of sp³-hybridized carbons (Fsp3) is 0. The van der Waals surface area contributed by atoms with Crippen LogP contribution in [-0.2, 0) is 5.11 Å². The largest absolute Gasteiger partial charge is 0.287 e. The molecule has 1 radical (unpaired) electrons. The lowest BCUT2D eigenvalue weighted by molar-refractivity contribution is 0.314. The van der Waals surface area contributed by atoms with Crippen molar-refractivity contribution in [2.24, 2.45) is 0 Å². The van der Waals surface area contributed by atoms with E-state index in [1.807, 2.05) is 0 Å². The summed E-state index contributed by atoms with van der Waals surface area (Å²) in [4.78, 5) is 0. The van der Waals surface area contributed by atoms with Gasteiger partial charge in [0.15, 0.2) is 11.6 Å². The van der Waals surface area contributed by atoms with Crippen molar-refractivity contribution in [2.45, 2.75) is 0 Å². The van der Waals surface area contributed by atoms with E-state index in [2.05, 4.69) is 0 Å². The Labute approximate surface area is 54.7 Å². The number of rotatable bonds is 0. The third-order valence-electron chi connectivity index (χ3n) is 1.000. The van der Waals surface area contributed by atoms with Crippen LogP contribution in [-0.4, -0.2) is 0 Å². The summed E-state index contributed by atoms with van der Waals surface area (Å²) in [7, 11) is 0. The van der Waals surface area contributed by atoms with Gasteiger partial charge in [0, 0.05) is 0 Å². The molecule has 0 spiro atoms. The minimum Gasteiger partial charge on any atom is -0.287 e. The molecule has 0 aliphatic heterocycles. The molecule has 0 aromatic heterocycles. The fourth-order valence-corrected chi connectivity index (χ4v) is 0.508. The summed E-state index contributed by atoms with van der Waals surface area (Å²) in [5, 5.41) is 10.2. The minimum atomic E-state index is -1.72. The zero-order valence-electron chi connectivity index (χ0n) is 4.70. The van der Waals surface area contributed by atoms with Gasteiger partial charge >= 0.3 is 0 Å². The SMILES string of the molecule is [O]c1ccc(F)c(F)c1F. The average Bonchev–Trinajstić information content (AvgIpc) is 1.93. The first kappa shape index (κ1) is 6.92. The lowest BCUT2D eigenvalue weighted by atomic mass is 10.3. The maximum atomic E-state index is 12.1. The Balaban J connectivity index is 3.34. The van der Waals surface area contributed by atoms with Crippen LogP contribution in [0.1, 0.15) is 0 Å². The van der Waals surface area contributed by atoms with Crippen molar-refractivity contribution in [3.8, 4) is 5.75 Å². The molecule has 0 aliphatic rings. The molecule has 0 unspecified atom stereocenters. The molecular weight excluding hydrogens is 145 g/mol. The van der Waals surface area contributed by atoms with E-state index in [9.17, 15) is 18.3 Å². The summed E-state index contributed by atoms with van der Waals surface area (Å²) in [6.07, 6.45) is 0. The molecule has 1 aromatic carbocycles. The third kappa shape index (κ3) is 0.920. The van der Waals surface area contributed by atoms with E-state index < -0.39 is 23.2 Å². The molecule has 53 valence electrons. The summed E-state index contributed by atoms with van der Waals surface area (Å²) in [5.41, 5.74) is 0. The highest BCUT2D eigenvalue weighted by atomic mass is 19.2. The molecule has 1 rings (SSSR count). The zero-order valence-corrected chi connectivity index (χ0v) is 4.70. The maximum absolute atomic E-state index is 12.1. The number of hydrogen-bond acceptors (Lipinski definition) is 0. The molecule has 10 heavy (non-hydrogen) atoms. The van der Waals surface area contributed by atoms with E-state index in [0.717, 1.165) is 0 Å². The van der Waals surface area contributed by atoms with Crippen LogP contribution in [0.15, 0.2) is 12.1 Å². The summed E-state index contributed by atoms with van der Waals surface area (Å²) < 4.78 is 36.1. The van der Waals surface area contributed by atoms with Gasteiger partial charge in [-0.1, -0.05) is 0 Å². The van der Waals surface area contributed by atoms with Crippen molar-refractivity contribution in [3.05, 3.63) is 29.6 Å². The lowest BCUT2D eigenvalue weighted by Gasteiger charge is -1.92. The van der Waals surface area contributed by atoms with Crippen LogP contribution in [0.4, 0.5) is 13.2 Å². The van der Waals surface area contributed by atoms with Gasteiger partial charge in [0.25, 0.3) is 0 Å². The summed E-state index contributed by atoms with van der Waals surface area (Å²) in [6.45, 7) is 0. The highest BCUT2D eigenvalue weighted by Gasteiger charge is 2.12. The highest BCUT2D eigenvalue weighted by molar-refractivity contribution is 5.23. The molecule has 4 heteroatoms. The maximum Gasteiger partial charge on any atom is 0.217 e. The first-order valence-electron chi connectivity index (χ1n) is 2.43. The third-order valence-corrected chi connectivity index (χ3v) is 1.000. The molecule has 0 N–H and O–H groups in total. The molecule has 0 saturated heterocycles. The normalized spacial score (nSPS) is 9.90. The predicted octanol–water partition coefficient (Wildman–Crippen LogP) is 2.25. The van der Waals surface area contributed by atoms with Crippen LogP contribution in [0.2, 0.25) is 0 Å². The van der Waals surface area contributed by atoms with Gasteiger partial charge in [-0.15, -0.1) is 0 Å². The fourth-order valence-electron chi connectivity index (χ4n) is 0.508. The lowest BCUT2D eigenvalue weighted by Crippen LogP contribution is -1.88. The molecule has 0 aliphatic carbocycles. The average molecular weight is 147 g/mol. The molecule has 1 nitrogen and oxygen atoms in total. The first-order chi connectivity index (χ1) is 4.63. The van der Waals surface area contributed by atoms with Crippen molar-refractivity contribution in [3.63, 3.8) is 0 Å². The van der Waals surface area contributed by atoms with Gasteiger partial charge in [0.2, 0.25) is 11.6 Å². The second-order valence-corrected chi connectivity index (χ2v) is 1.67. The van der Waals surface area contributed by atoms with Crippen LogP contribution in [0.25, 0.3) is 0 Å². The Morgan fingerprint density at radius 1 is 1.00 bits per heavy atom. The Bertz CT molecular complexity index is 232. The van der Waals surface area contributed by atoms with Gasteiger partial charge in [0.05, 0.1) is 0 Å². The van der Waals surface area contributed by atoms with E-state index in [0.29, 0.717) is 12.1 Å². The van der Waals surface area contributed by atoms with Gasteiger partial charge in [0.1, 0.15) is 0 Å². The Morgan fingerprint density at radius 2 is 1.60 bits per heavy atom. The zero-order chi connectivity index (χ0) is 7.72. The van der Waals surface area contributed by atoms with Crippen LogP contribution in [0, 0.1) is 17.5 Å². The minimum absolute atomic E-state index is 0.584. The molecule has 1 aromatic rings. The van der Waals surface area contributed by atoms with E-state index in [4.69, 9.17) is 0 Å². The second kappa shape index (κ2) is 2.21. The van der Waals surface area contributed by atoms with Crippen molar-refractivity contribution >= 4 is 0 Å². The molecule has 0 atom stereocenters. The molecule has 0 bridgehead atoms. The van der Waals surface area contributed by atoms with E-state index in [1.54, 1.807) is 0 Å². The van der Waals surface area contributed by atoms with Crippen molar-refractivity contribution < 1.29 is 18.3 Å². The number of hydrogen-bond donors (Lipinski definition) is 0. The first-order valence-corrected chi connectivity index (χ1v) is 2.43. The van der Waals surface area contributed by atoms with Crippen molar-refractivity contribution in [1.29, 1.82) is 0 Å². The van der Waals surface area contributed by atoms with Gasteiger partial charge in [-0.2, -0.15) is 4.39 Å². The van der Waals surface area contributed by atoms with Crippen LogP contribution in [0.3, 0.4) is 0 Å². The van der Waals surface area contributed by atoms with E-state index in [-0.39, 0.29) is 0 Å². The Hall–Kier alpha value is -1.19. The van der Waals surface area contributed by atoms with Crippen LogP contribution >= 0.6 is 0 Å². The van der Waals surface area contributed by atoms with Gasteiger partial charge in [-0.05, 0) is 12.1 Å². The predicted molar refractivity (Wildman–Crippen MR) is 26.4 cm³/mol.